The topological polar surface area (TPSA) is 43.1 Å². The van der Waals surface area contributed by atoms with Crippen LogP contribution >= 0.6 is 0 Å². The standard InChI is InChI=1S/C13H12N4.C2H6/c1-9-10(2)17-12(5-7-15-13(17)16-9)11-4-3-6-14-8-11;1-2/h3-8H,1-2H3;1-2H3. The van der Waals surface area contributed by atoms with Crippen LogP contribution in [-0.4, -0.2) is 19.4 Å². The fourth-order valence-electron chi connectivity index (χ4n) is 1.96. The summed E-state index contributed by atoms with van der Waals surface area (Å²) in [6.45, 7) is 8.05. The molecule has 4 heteroatoms. The first kappa shape index (κ1) is 13.2. The molecular weight excluding hydrogens is 236 g/mol. The Kier molecular flexibility index (Phi) is 3.90. The minimum absolute atomic E-state index is 0.737. The van der Waals surface area contributed by atoms with Crippen molar-refractivity contribution in [2.24, 2.45) is 0 Å². The van der Waals surface area contributed by atoms with Crippen LogP contribution in [0.15, 0.2) is 36.8 Å². The summed E-state index contributed by atoms with van der Waals surface area (Å²) in [5.41, 5.74) is 4.27. The quantitative estimate of drug-likeness (QED) is 0.668. The lowest BCUT2D eigenvalue weighted by Crippen LogP contribution is -1.96. The minimum Gasteiger partial charge on any atom is -0.281 e. The molecule has 0 aliphatic carbocycles. The highest BCUT2D eigenvalue weighted by atomic mass is 15.1. The molecule has 0 atom stereocenters. The summed E-state index contributed by atoms with van der Waals surface area (Å²) in [5.74, 6) is 0.737. The van der Waals surface area contributed by atoms with Crippen molar-refractivity contribution in [2.75, 3.05) is 0 Å². The molecular formula is C15H18N4. The fraction of sp³-hybridized carbons (Fsp3) is 0.267. The van der Waals surface area contributed by atoms with Gasteiger partial charge in [-0.05, 0) is 32.0 Å². The molecule has 0 N–H and O–H groups in total. The van der Waals surface area contributed by atoms with E-state index in [-0.39, 0.29) is 0 Å². The molecule has 19 heavy (non-hydrogen) atoms. The van der Waals surface area contributed by atoms with E-state index in [2.05, 4.69) is 26.3 Å². The molecule has 0 bridgehead atoms. The van der Waals surface area contributed by atoms with Crippen molar-refractivity contribution in [1.29, 1.82) is 0 Å². The van der Waals surface area contributed by atoms with Crippen molar-refractivity contribution in [3.63, 3.8) is 0 Å². The second-order valence-electron chi connectivity index (χ2n) is 3.99. The number of rotatable bonds is 1. The molecule has 3 heterocycles. The van der Waals surface area contributed by atoms with Gasteiger partial charge in [-0.3, -0.25) is 9.38 Å². The second-order valence-corrected chi connectivity index (χ2v) is 3.99. The van der Waals surface area contributed by atoms with Gasteiger partial charge in [0, 0.05) is 29.8 Å². The molecule has 0 aromatic carbocycles. The first-order chi connectivity index (χ1) is 9.27. The van der Waals surface area contributed by atoms with E-state index in [0.717, 1.165) is 28.4 Å². The number of pyridine rings is 1. The molecule has 0 unspecified atom stereocenters. The molecule has 0 aliphatic heterocycles. The normalized spacial score (nSPS) is 10.1. The number of imidazole rings is 1. The van der Waals surface area contributed by atoms with Crippen molar-refractivity contribution in [3.05, 3.63) is 48.2 Å². The summed E-state index contributed by atoms with van der Waals surface area (Å²) in [4.78, 5) is 12.9. The molecule has 0 saturated heterocycles. The molecule has 0 saturated carbocycles. The SMILES string of the molecule is CC.Cc1nc2nccc(-c3cccnc3)n2c1C. The number of aryl methyl sites for hydroxylation is 2. The number of aromatic nitrogens is 4. The highest BCUT2D eigenvalue weighted by molar-refractivity contribution is 5.61. The predicted molar refractivity (Wildman–Crippen MR) is 77.0 cm³/mol. The summed E-state index contributed by atoms with van der Waals surface area (Å²) < 4.78 is 2.06. The number of hydrogen-bond acceptors (Lipinski definition) is 3. The lowest BCUT2D eigenvalue weighted by molar-refractivity contribution is 1.06. The van der Waals surface area contributed by atoms with Gasteiger partial charge in [0.05, 0.1) is 11.4 Å². The Hall–Kier alpha value is -2.23. The fourth-order valence-corrected chi connectivity index (χ4v) is 1.96. The minimum atomic E-state index is 0.737. The third-order valence-electron chi connectivity index (χ3n) is 2.95. The van der Waals surface area contributed by atoms with E-state index >= 15 is 0 Å². The summed E-state index contributed by atoms with van der Waals surface area (Å²) in [5, 5.41) is 0. The van der Waals surface area contributed by atoms with Gasteiger partial charge in [-0.2, -0.15) is 0 Å². The van der Waals surface area contributed by atoms with Crippen molar-refractivity contribution in [2.45, 2.75) is 27.7 Å². The molecule has 3 aromatic heterocycles. The summed E-state index contributed by atoms with van der Waals surface area (Å²) in [6, 6.07) is 5.95. The Balaban J connectivity index is 0.000000637. The largest absolute Gasteiger partial charge is 0.281 e. The third-order valence-corrected chi connectivity index (χ3v) is 2.95. The van der Waals surface area contributed by atoms with Gasteiger partial charge in [0.2, 0.25) is 5.78 Å². The Labute approximate surface area is 113 Å². The molecule has 0 amide bonds. The maximum atomic E-state index is 4.43. The summed E-state index contributed by atoms with van der Waals surface area (Å²) in [6.07, 6.45) is 5.40. The zero-order valence-corrected chi connectivity index (χ0v) is 11.8. The van der Waals surface area contributed by atoms with Crippen LogP contribution in [-0.2, 0) is 0 Å². The molecule has 4 nitrogen and oxygen atoms in total. The van der Waals surface area contributed by atoms with Crippen molar-refractivity contribution >= 4 is 5.78 Å². The molecule has 3 rings (SSSR count). The molecule has 3 aromatic rings. The monoisotopic (exact) mass is 254 g/mol. The van der Waals surface area contributed by atoms with Crippen LogP contribution in [0.5, 0.6) is 0 Å². The van der Waals surface area contributed by atoms with Gasteiger partial charge in [0.25, 0.3) is 0 Å². The van der Waals surface area contributed by atoms with Crippen LogP contribution < -0.4 is 0 Å². The van der Waals surface area contributed by atoms with Crippen molar-refractivity contribution in [1.82, 2.24) is 19.4 Å². The van der Waals surface area contributed by atoms with E-state index in [1.165, 1.54) is 0 Å². The van der Waals surface area contributed by atoms with Crippen LogP contribution in [0.2, 0.25) is 0 Å². The Morgan fingerprint density at radius 2 is 1.84 bits per heavy atom. The van der Waals surface area contributed by atoms with Crippen molar-refractivity contribution < 1.29 is 0 Å². The number of nitrogens with zero attached hydrogens (tertiary/aromatic N) is 4. The number of fused-ring (bicyclic) bond motifs is 1. The van der Waals surface area contributed by atoms with Gasteiger partial charge in [-0.15, -0.1) is 0 Å². The highest BCUT2D eigenvalue weighted by Gasteiger charge is 2.10. The van der Waals surface area contributed by atoms with Gasteiger partial charge >= 0.3 is 0 Å². The summed E-state index contributed by atoms with van der Waals surface area (Å²) >= 11 is 0. The molecule has 0 aliphatic rings. The number of hydrogen-bond donors (Lipinski definition) is 0. The van der Waals surface area contributed by atoms with E-state index in [1.807, 2.05) is 45.2 Å². The van der Waals surface area contributed by atoms with Crippen molar-refractivity contribution in [3.8, 4) is 11.3 Å². The van der Waals surface area contributed by atoms with Gasteiger partial charge in [0.15, 0.2) is 0 Å². The average Bonchev–Trinajstić information content (AvgIpc) is 2.77. The van der Waals surface area contributed by atoms with E-state index in [1.54, 1.807) is 12.4 Å². The van der Waals surface area contributed by atoms with E-state index in [4.69, 9.17) is 0 Å². The van der Waals surface area contributed by atoms with E-state index in [0.29, 0.717) is 0 Å². The zero-order chi connectivity index (χ0) is 13.8. The van der Waals surface area contributed by atoms with Gasteiger partial charge in [-0.1, -0.05) is 13.8 Å². The Morgan fingerprint density at radius 1 is 1.05 bits per heavy atom. The first-order valence-corrected chi connectivity index (χ1v) is 6.48. The zero-order valence-electron chi connectivity index (χ0n) is 11.8. The smallest absolute Gasteiger partial charge is 0.234 e. The molecule has 0 fully saturated rings. The Bertz CT molecular complexity index is 671. The molecule has 98 valence electrons. The predicted octanol–water partition coefficient (Wildman–Crippen LogP) is 3.43. The molecule has 0 radical (unpaired) electrons. The molecule has 0 spiro atoms. The lowest BCUT2D eigenvalue weighted by Gasteiger charge is -2.05. The van der Waals surface area contributed by atoms with Crippen LogP contribution in [0.25, 0.3) is 17.0 Å². The lowest BCUT2D eigenvalue weighted by atomic mass is 10.2. The van der Waals surface area contributed by atoms with Gasteiger partial charge in [-0.25, -0.2) is 9.97 Å². The van der Waals surface area contributed by atoms with E-state index < -0.39 is 0 Å². The van der Waals surface area contributed by atoms with Crippen LogP contribution in [0.1, 0.15) is 25.2 Å². The third kappa shape index (κ3) is 2.34. The van der Waals surface area contributed by atoms with Gasteiger partial charge in [0.1, 0.15) is 0 Å². The maximum absolute atomic E-state index is 4.43. The highest BCUT2D eigenvalue weighted by Crippen LogP contribution is 2.21. The maximum Gasteiger partial charge on any atom is 0.234 e. The Morgan fingerprint density at radius 3 is 2.53 bits per heavy atom. The van der Waals surface area contributed by atoms with Crippen LogP contribution in [0.4, 0.5) is 0 Å². The van der Waals surface area contributed by atoms with Crippen LogP contribution in [0.3, 0.4) is 0 Å². The van der Waals surface area contributed by atoms with Crippen LogP contribution in [0, 0.1) is 13.8 Å². The second kappa shape index (κ2) is 5.61. The van der Waals surface area contributed by atoms with Gasteiger partial charge < -0.3 is 0 Å². The van der Waals surface area contributed by atoms with E-state index in [9.17, 15) is 0 Å². The first-order valence-electron chi connectivity index (χ1n) is 6.48. The average molecular weight is 254 g/mol. The summed E-state index contributed by atoms with van der Waals surface area (Å²) in [7, 11) is 0.